The van der Waals surface area contributed by atoms with Crippen molar-refractivity contribution >= 4 is 33.4 Å². The van der Waals surface area contributed by atoms with E-state index in [4.69, 9.17) is 15.2 Å². The Labute approximate surface area is 214 Å². The standard InChI is InChI=1S/C28H21F2N5O3/c1-14(35-28-23(27(31)32-13-33-28)24(34-35)16-5-3-7-19(36)11-16)26-22(15-4-2-6-17(29)10-15)25(37)20-12-18(30)8-9-21(20)38-26/h3-5,7-14,36H,2,6H2,1H3,(H2,31,32,33). The Morgan fingerprint density at radius 2 is 2.00 bits per heavy atom. The van der Waals surface area contributed by atoms with Crippen LogP contribution in [0.5, 0.6) is 5.75 Å². The number of nitrogens with zero attached hydrogens (tertiary/aromatic N) is 4. The van der Waals surface area contributed by atoms with E-state index in [0.717, 1.165) is 6.07 Å². The first-order chi connectivity index (χ1) is 18.3. The van der Waals surface area contributed by atoms with E-state index < -0.39 is 17.3 Å². The lowest BCUT2D eigenvalue weighted by Crippen LogP contribution is -2.18. The van der Waals surface area contributed by atoms with Gasteiger partial charge in [0.2, 0.25) is 5.43 Å². The normalized spacial score (nSPS) is 14.5. The molecule has 0 fully saturated rings. The fraction of sp³-hybridized carbons (Fsp3) is 0.143. The summed E-state index contributed by atoms with van der Waals surface area (Å²) in [5.41, 5.74) is 7.78. The molecule has 6 rings (SSSR count). The van der Waals surface area contributed by atoms with Gasteiger partial charge in [-0.1, -0.05) is 18.2 Å². The second-order valence-corrected chi connectivity index (χ2v) is 9.08. The molecule has 5 aromatic rings. The number of fused-ring (bicyclic) bond motifs is 2. The molecular formula is C28H21F2N5O3. The fourth-order valence-corrected chi connectivity index (χ4v) is 4.82. The number of phenols is 1. The van der Waals surface area contributed by atoms with Crippen LogP contribution in [0.15, 0.2) is 76.0 Å². The summed E-state index contributed by atoms with van der Waals surface area (Å²) in [6, 6.07) is 9.49. The highest BCUT2D eigenvalue weighted by molar-refractivity contribution is 5.98. The zero-order valence-corrected chi connectivity index (χ0v) is 20.2. The maximum absolute atomic E-state index is 14.3. The predicted molar refractivity (Wildman–Crippen MR) is 139 cm³/mol. The lowest BCUT2D eigenvalue weighted by molar-refractivity contribution is 0.441. The Hall–Kier alpha value is -4.86. The molecule has 3 N–H and O–H groups in total. The topological polar surface area (TPSA) is 120 Å². The van der Waals surface area contributed by atoms with E-state index in [9.17, 15) is 18.7 Å². The highest BCUT2D eigenvalue weighted by atomic mass is 19.1. The van der Waals surface area contributed by atoms with Gasteiger partial charge in [-0.15, -0.1) is 0 Å². The lowest BCUT2D eigenvalue weighted by Gasteiger charge is -2.18. The number of anilines is 1. The molecule has 0 bridgehead atoms. The van der Waals surface area contributed by atoms with Crippen LogP contribution in [0.3, 0.4) is 0 Å². The van der Waals surface area contributed by atoms with Crippen LogP contribution in [0, 0.1) is 5.82 Å². The van der Waals surface area contributed by atoms with Crippen molar-refractivity contribution in [3.05, 3.63) is 94.1 Å². The van der Waals surface area contributed by atoms with Gasteiger partial charge in [0.15, 0.2) is 5.65 Å². The second-order valence-electron chi connectivity index (χ2n) is 9.08. The summed E-state index contributed by atoms with van der Waals surface area (Å²) in [4.78, 5) is 22.2. The molecule has 0 radical (unpaired) electrons. The number of nitrogens with two attached hydrogens (primary N) is 1. The van der Waals surface area contributed by atoms with Gasteiger partial charge in [-0.05, 0) is 55.3 Å². The number of hydrogen-bond donors (Lipinski definition) is 2. The van der Waals surface area contributed by atoms with Gasteiger partial charge in [0.05, 0.1) is 16.3 Å². The Morgan fingerprint density at radius 3 is 2.79 bits per heavy atom. The monoisotopic (exact) mass is 513 g/mol. The van der Waals surface area contributed by atoms with Crippen LogP contribution in [0.1, 0.15) is 37.1 Å². The van der Waals surface area contributed by atoms with E-state index in [1.807, 2.05) is 0 Å². The molecule has 2 aromatic carbocycles. The van der Waals surface area contributed by atoms with Crippen molar-refractivity contribution in [2.75, 3.05) is 5.73 Å². The Balaban J connectivity index is 1.64. The number of aromatic hydroxyl groups is 1. The number of aromatic nitrogens is 4. The first kappa shape index (κ1) is 23.5. The molecule has 0 saturated heterocycles. The SMILES string of the molecule is CC(c1oc2ccc(F)cc2c(=O)c1C1=CCCC(F)=C1)n1nc(-c2cccc(O)c2)c2c(N)ncnc21. The minimum absolute atomic E-state index is 0.0433. The van der Waals surface area contributed by atoms with E-state index in [2.05, 4.69) is 9.97 Å². The van der Waals surface area contributed by atoms with Crippen LogP contribution >= 0.6 is 0 Å². The molecule has 1 aliphatic rings. The lowest BCUT2D eigenvalue weighted by atomic mass is 9.94. The molecule has 3 aromatic heterocycles. The first-order valence-corrected chi connectivity index (χ1v) is 11.9. The average molecular weight is 514 g/mol. The third-order valence-electron chi connectivity index (χ3n) is 6.61. The maximum Gasteiger partial charge on any atom is 0.200 e. The summed E-state index contributed by atoms with van der Waals surface area (Å²) in [6.45, 7) is 1.76. The van der Waals surface area contributed by atoms with E-state index in [0.29, 0.717) is 34.3 Å². The smallest absolute Gasteiger partial charge is 0.200 e. The number of allylic oxidation sites excluding steroid dienone is 4. The van der Waals surface area contributed by atoms with E-state index in [1.165, 1.54) is 30.6 Å². The van der Waals surface area contributed by atoms with Gasteiger partial charge in [-0.25, -0.2) is 23.4 Å². The number of benzene rings is 2. The second kappa shape index (κ2) is 8.91. The molecular weight excluding hydrogens is 492 g/mol. The van der Waals surface area contributed by atoms with Crippen molar-refractivity contribution in [1.29, 1.82) is 0 Å². The van der Waals surface area contributed by atoms with Crippen molar-refractivity contribution in [3.63, 3.8) is 0 Å². The van der Waals surface area contributed by atoms with Crippen molar-refractivity contribution in [2.45, 2.75) is 25.8 Å². The number of nitrogen functional groups attached to an aromatic ring is 1. The van der Waals surface area contributed by atoms with Gasteiger partial charge in [-0.3, -0.25) is 4.79 Å². The highest BCUT2D eigenvalue weighted by Gasteiger charge is 2.28. The highest BCUT2D eigenvalue weighted by Crippen LogP contribution is 2.37. The minimum Gasteiger partial charge on any atom is -0.508 e. The van der Waals surface area contributed by atoms with E-state index in [1.54, 1.807) is 35.9 Å². The Kier molecular flexibility index (Phi) is 5.52. The fourth-order valence-electron chi connectivity index (χ4n) is 4.82. The quantitative estimate of drug-likeness (QED) is 0.318. The molecule has 1 aliphatic carbocycles. The molecule has 0 aliphatic heterocycles. The summed E-state index contributed by atoms with van der Waals surface area (Å²) in [5.74, 6) is -0.521. The van der Waals surface area contributed by atoms with Crippen molar-refractivity contribution < 1.29 is 18.3 Å². The van der Waals surface area contributed by atoms with E-state index >= 15 is 0 Å². The third kappa shape index (κ3) is 3.81. The molecule has 0 spiro atoms. The van der Waals surface area contributed by atoms with Crippen LogP contribution in [0.2, 0.25) is 0 Å². The summed E-state index contributed by atoms with van der Waals surface area (Å²) >= 11 is 0. The number of halogens is 2. The molecule has 0 amide bonds. The van der Waals surface area contributed by atoms with Crippen molar-refractivity contribution in [2.24, 2.45) is 0 Å². The average Bonchev–Trinajstić information content (AvgIpc) is 3.29. The molecule has 1 atom stereocenters. The molecule has 8 nitrogen and oxygen atoms in total. The van der Waals surface area contributed by atoms with Crippen LogP contribution < -0.4 is 11.2 Å². The van der Waals surface area contributed by atoms with Gasteiger partial charge < -0.3 is 15.3 Å². The van der Waals surface area contributed by atoms with Gasteiger partial charge >= 0.3 is 0 Å². The van der Waals surface area contributed by atoms with Gasteiger partial charge in [-0.2, -0.15) is 5.10 Å². The summed E-state index contributed by atoms with van der Waals surface area (Å²) < 4.78 is 36.1. The number of hydrogen-bond acceptors (Lipinski definition) is 7. The molecule has 38 heavy (non-hydrogen) atoms. The zero-order chi connectivity index (χ0) is 26.6. The summed E-state index contributed by atoms with van der Waals surface area (Å²) in [5, 5.41) is 15.3. The molecule has 190 valence electrons. The van der Waals surface area contributed by atoms with Crippen molar-refractivity contribution in [1.82, 2.24) is 19.7 Å². The van der Waals surface area contributed by atoms with E-state index in [-0.39, 0.29) is 46.1 Å². The van der Waals surface area contributed by atoms with Crippen LogP contribution in [-0.2, 0) is 0 Å². The number of rotatable bonds is 4. The van der Waals surface area contributed by atoms with Gasteiger partial charge in [0, 0.05) is 12.0 Å². The molecule has 10 heteroatoms. The van der Waals surface area contributed by atoms with Gasteiger partial charge in [0.25, 0.3) is 0 Å². The number of phenolic OH excluding ortho intramolecular Hbond substituents is 1. The predicted octanol–water partition coefficient (Wildman–Crippen LogP) is 5.67. The van der Waals surface area contributed by atoms with Gasteiger partial charge in [0.1, 0.15) is 52.6 Å². The zero-order valence-electron chi connectivity index (χ0n) is 20.2. The van der Waals surface area contributed by atoms with Crippen molar-refractivity contribution in [3.8, 4) is 17.0 Å². The Bertz CT molecular complexity index is 1870. The first-order valence-electron chi connectivity index (χ1n) is 11.9. The summed E-state index contributed by atoms with van der Waals surface area (Å²) in [7, 11) is 0. The van der Waals surface area contributed by atoms with Crippen LogP contribution in [0.4, 0.5) is 14.6 Å². The summed E-state index contributed by atoms with van der Waals surface area (Å²) in [6.07, 6.45) is 5.00. The molecule has 0 saturated carbocycles. The van der Waals surface area contributed by atoms with Crippen LogP contribution in [0.25, 0.3) is 38.8 Å². The molecule has 1 unspecified atom stereocenters. The maximum atomic E-state index is 14.3. The molecule has 3 heterocycles. The largest absolute Gasteiger partial charge is 0.508 e. The third-order valence-corrected chi connectivity index (χ3v) is 6.61. The van der Waals surface area contributed by atoms with Crippen LogP contribution in [-0.4, -0.2) is 24.9 Å². The minimum atomic E-state index is -0.728. The Morgan fingerprint density at radius 1 is 1.16 bits per heavy atom.